The molecule has 0 saturated heterocycles. The van der Waals surface area contributed by atoms with Gasteiger partial charge in [-0.2, -0.15) is 0 Å². The molecule has 3 rings (SSSR count). The number of benzene rings is 3. The predicted octanol–water partition coefficient (Wildman–Crippen LogP) is 4.67. The summed E-state index contributed by atoms with van der Waals surface area (Å²) in [6.07, 6.45) is 0. The third kappa shape index (κ3) is 3.55. The van der Waals surface area contributed by atoms with E-state index >= 15 is 0 Å². The average molecular weight is 340 g/mol. The van der Waals surface area contributed by atoms with E-state index in [4.69, 9.17) is 16.3 Å². The molecule has 0 aliphatic heterocycles. The first-order chi connectivity index (χ1) is 11.5. The Labute approximate surface area is 144 Å². The van der Waals surface area contributed by atoms with Crippen LogP contribution in [0.25, 0.3) is 10.8 Å². The maximum atomic E-state index is 12.6. The van der Waals surface area contributed by atoms with Crippen molar-refractivity contribution in [2.45, 2.75) is 6.92 Å². The first kappa shape index (κ1) is 16.0. The number of ether oxygens (including phenoxy) is 1. The summed E-state index contributed by atoms with van der Waals surface area (Å²) in [5.41, 5.74) is 0.894. The van der Waals surface area contributed by atoms with E-state index in [9.17, 15) is 9.59 Å². The number of anilines is 1. The highest BCUT2D eigenvalue weighted by Gasteiger charge is 2.16. The zero-order valence-corrected chi connectivity index (χ0v) is 13.6. The van der Waals surface area contributed by atoms with Crippen LogP contribution in [-0.4, -0.2) is 11.9 Å². The van der Waals surface area contributed by atoms with Crippen molar-refractivity contribution in [3.63, 3.8) is 0 Å². The van der Waals surface area contributed by atoms with E-state index in [1.54, 1.807) is 36.4 Å². The molecule has 0 spiro atoms. The molecule has 120 valence electrons. The van der Waals surface area contributed by atoms with Gasteiger partial charge in [0.2, 0.25) is 0 Å². The number of fused-ring (bicyclic) bond motifs is 1. The molecule has 4 nitrogen and oxygen atoms in total. The standard InChI is InChI=1S/C19H14ClNO3/c1-12(22)24-18-11-14-5-3-2-4-13(14)10-17(18)19(23)21-16-8-6-15(20)7-9-16/h2-11H,1H3,(H,21,23). The lowest BCUT2D eigenvalue weighted by molar-refractivity contribution is -0.131. The molecule has 0 aliphatic carbocycles. The molecule has 24 heavy (non-hydrogen) atoms. The first-order valence-electron chi connectivity index (χ1n) is 7.31. The highest BCUT2D eigenvalue weighted by molar-refractivity contribution is 6.30. The molecule has 5 heteroatoms. The second-order valence-electron chi connectivity index (χ2n) is 5.25. The van der Waals surface area contributed by atoms with E-state index in [0.29, 0.717) is 16.3 Å². The molecule has 0 aromatic heterocycles. The van der Waals surface area contributed by atoms with Crippen LogP contribution in [-0.2, 0) is 4.79 Å². The third-order valence-electron chi connectivity index (χ3n) is 3.45. The number of halogens is 1. The molecule has 0 atom stereocenters. The molecule has 1 N–H and O–H groups in total. The average Bonchev–Trinajstić information content (AvgIpc) is 2.55. The first-order valence-corrected chi connectivity index (χ1v) is 7.69. The van der Waals surface area contributed by atoms with Gasteiger partial charge in [-0.05, 0) is 47.2 Å². The number of amides is 1. The fourth-order valence-corrected chi connectivity index (χ4v) is 2.49. The molecule has 0 heterocycles. The van der Waals surface area contributed by atoms with E-state index in [-0.39, 0.29) is 11.7 Å². The molecule has 1 amide bonds. The second-order valence-corrected chi connectivity index (χ2v) is 5.69. The van der Waals surface area contributed by atoms with Gasteiger partial charge in [0, 0.05) is 17.6 Å². The van der Waals surface area contributed by atoms with Gasteiger partial charge in [-0.25, -0.2) is 0 Å². The van der Waals surface area contributed by atoms with Gasteiger partial charge < -0.3 is 10.1 Å². The van der Waals surface area contributed by atoms with Gasteiger partial charge in [-0.15, -0.1) is 0 Å². The van der Waals surface area contributed by atoms with Crippen molar-refractivity contribution in [3.05, 3.63) is 71.2 Å². The summed E-state index contributed by atoms with van der Waals surface area (Å²) in [6, 6.07) is 17.7. The van der Waals surface area contributed by atoms with Crippen LogP contribution >= 0.6 is 11.6 Å². The Morgan fingerprint density at radius 1 is 0.958 bits per heavy atom. The molecular weight excluding hydrogens is 326 g/mol. The minimum atomic E-state index is -0.481. The van der Waals surface area contributed by atoms with Crippen LogP contribution in [0.2, 0.25) is 5.02 Å². The molecule has 0 radical (unpaired) electrons. The summed E-state index contributed by atoms with van der Waals surface area (Å²) in [5, 5.41) is 5.13. The molecular formula is C19H14ClNO3. The van der Waals surface area contributed by atoms with E-state index in [1.807, 2.05) is 24.3 Å². The molecule has 3 aromatic carbocycles. The van der Waals surface area contributed by atoms with Crippen molar-refractivity contribution < 1.29 is 14.3 Å². The fraction of sp³-hybridized carbons (Fsp3) is 0.0526. The number of hydrogen-bond donors (Lipinski definition) is 1. The van der Waals surface area contributed by atoms with Crippen LogP contribution in [0.15, 0.2) is 60.7 Å². The maximum Gasteiger partial charge on any atom is 0.308 e. The highest BCUT2D eigenvalue weighted by Crippen LogP contribution is 2.27. The Morgan fingerprint density at radius 3 is 2.21 bits per heavy atom. The number of carbonyl (C=O) groups excluding carboxylic acids is 2. The van der Waals surface area contributed by atoms with Crippen molar-refractivity contribution in [1.29, 1.82) is 0 Å². The summed E-state index contributed by atoms with van der Waals surface area (Å²) in [4.78, 5) is 24.0. The van der Waals surface area contributed by atoms with Crippen molar-refractivity contribution in [2.24, 2.45) is 0 Å². The fourth-order valence-electron chi connectivity index (χ4n) is 2.37. The minimum Gasteiger partial charge on any atom is -0.426 e. The minimum absolute atomic E-state index is 0.229. The Bertz CT molecular complexity index is 920. The summed E-state index contributed by atoms with van der Waals surface area (Å²) < 4.78 is 5.21. The summed E-state index contributed by atoms with van der Waals surface area (Å²) in [6.45, 7) is 1.30. The lowest BCUT2D eigenvalue weighted by Crippen LogP contribution is -2.15. The van der Waals surface area contributed by atoms with Crippen molar-refractivity contribution in [1.82, 2.24) is 0 Å². The Balaban J connectivity index is 2.00. The van der Waals surface area contributed by atoms with Crippen LogP contribution in [0.4, 0.5) is 5.69 Å². The molecule has 0 unspecified atom stereocenters. The molecule has 0 saturated carbocycles. The highest BCUT2D eigenvalue weighted by atomic mass is 35.5. The van der Waals surface area contributed by atoms with Crippen molar-refractivity contribution >= 4 is 39.9 Å². The quantitative estimate of drug-likeness (QED) is 0.557. The van der Waals surface area contributed by atoms with E-state index in [1.165, 1.54) is 6.92 Å². The number of carbonyl (C=O) groups is 2. The van der Waals surface area contributed by atoms with Gasteiger partial charge in [0.05, 0.1) is 5.56 Å². The maximum absolute atomic E-state index is 12.6. The number of hydrogen-bond acceptors (Lipinski definition) is 3. The van der Waals surface area contributed by atoms with Crippen LogP contribution in [0.3, 0.4) is 0 Å². The Kier molecular flexibility index (Phi) is 4.49. The van der Waals surface area contributed by atoms with Gasteiger partial charge in [-0.1, -0.05) is 35.9 Å². The smallest absolute Gasteiger partial charge is 0.308 e. The predicted molar refractivity (Wildman–Crippen MR) is 94.7 cm³/mol. The largest absolute Gasteiger partial charge is 0.426 e. The third-order valence-corrected chi connectivity index (χ3v) is 3.70. The molecule has 0 bridgehead atoms. The zero-order valence-electron chi connectivity index (χ0n) is 12.9. The van der Waals surface area contributed by atoms with Crippen LogP contribution < -0.4 is 10.1 Å². The lowest BCUT2D eigenvalue weighted by Gasteiger charge is -2.11. The number of esters is 1. The van der Waals surface area contributed by atoms with Gasteiger partial charge >= 0.3 is 5.97 Å². The SMILES string of the molecule is CC(=O)Oc1cc2ccccc2cc1C(=O)Nc1ccc(Cl)cc1. The lowest BCUT2D eigenvalue weighted by atomic mass is 10.1. The normalized spacial score (nSPS) is 10.4. The molecule has 3 aromatic rings. The summed E-state index contributed by atoms with van der Waals surface area (Å²) >= 11 is 5.84. The number of rotatable bonds is 3. The Morgan fingerprint density at radius 2 is 1.58 bits per heavy atom. The van der Waals surface area contributed by atoms with Gasteiger partial charge in [0.15, 0.2) is 0 Å². The van der Waals surface area contributed by atoms with E-state index in [0.717, 1.165) is 10.8 Å². The Hall–Kier alpha value is -2.85. The summed E-state index contributed by atoms with van der Waals surface area (Å²) in [7, 11) is 0. The van der Waals surface area contributed by atoms with Crippen molar-refractivity contribution in [3.8, 4) is 5.75 Å². The molecule has 0 aliphatic rings. The van der Waals surface area contributed by atoms with Crippen molar-refractivity contribution in [2.75, 3.05) is 5.32 Å². The van der Waals surface area contributed by atoms with E-state index in [2.05, 4.69) is 5.32 Å². The summed E-state index contributed by atoms with van der Waals surface area (Å²) in [5.74, 6) is -0.613. The number of nitrogens with one attached hydrogen (secondary N) is 1. The van der Waals surface area contributed by atoms with Gasteiger partial charge in [0.1, 0.15) is 5.75 Å². The second kappa shape index (κ2) is 6.72. The van der Waals surface area contributed by atoms with Crippen LogP contribution in [0, 0.1) is 0 Å². The van der Waals surface area contributed by atoms with Gasteiger partial charge in [0.25, 0.3) is 5.91 Å². The van der Waals surface area contributed by atoms with Crippen LogP contribution in [0.5, 0.6) is 5.75 Å². The molecule has 0 fully saturated rings. The monoisotopic (exact) mass is 339 g/mol. The zero-order chi connectivity index (χ0) is 17.1. The van der Waals surface area contributed by atoms with Crippen LogP contribution in [0.1, 0.15) is 17.3 Å². The van der Waals surface area contributed by atoms with Gasteiger partial charge in [-0.3, -0.25) is 9.59 Å². The topological polar surface area (TPSA) is 55.4 Å². The van der Waals surface area contributed by atoms with E-state index < -0.39 is 5.97 Å².